The van der Waals surface area contributed by atoms with Crippen LogP contribution in [0.3, 0.4) is 0 Å². The maximum atomic E-state index is 10.2. The minimum absolute atomic E-state index is 0. The van der Waals surface area contributed by atoms with Crippen molar-refractivity contribution in [1.29, 1.82) is 5.39 Å². The number of hydrogen-bond acceptors (Lipinski definition) is 3. The molecule has 1 aromatic rings. The van der Waals surface area contributed by atoms with Crippen molar-refractivity contribution >= 4 is 30.8 Å². The summed E-state index contributed by atoms with van der Waals surface area (Å²) in [4.78, 5) is 12.4. The Bertz CT molecular complexity index is 358. The van der Waals surface area contributed by atoms with Crippen molar-refractivity contribution in [3.8, 4) is 0 Å². The van der Waals surface area contributed by atoms with Crippen LogP contribution in [0.1, 0.15) is 0 Å². The normalized spacial score (nSPS) is 7.00. The topological polar surface area (TPSA) is 71.3 Å². The molecule has 0 bridgehead atoms. The first-order chi connectivity index (χ1) is 6.67. The maximum absolute atomic E-state index is 10.2. The summed E-state index contributed by atoms with van der Waals surface area (Å²) in [6.07, 6.45) is 0. The molecule has 0 aliphatic rings. The molecule has 9 heteroatoms. The Hall–Kier alpha value is -0.467. The number of benzene rings is 1. The number of nitro benzene ring substituents is 1. The van der Waals surface area contributed by atoms with Crippen LogP contribution in [0.4, 0.5) is 11.4 Å². The summed E-state index contributed by atoms with van der Waals surface area (Å²) in [5, 5.41) is 18.5. The molecule has 0 radical (unpaired) electrons. The van der Waals surface area contributed by atoms with E-state index in [0.29, 0.717) is 0 Å². The molecule has 0 N–H and O–H groups in total. The molecule has 0 saturated carbocycles. The van der Waals surface area contributed by atoms with Crippen molar-refractivity contribution in [1.82, 2.24) is 0 Å². The van der Waals surface area contributed by atoms with Crippen molar-refractivity contribution < 1.29 is 32.5 Å². The number of rotatable bonds is 1. The minimum atomic E-state index is -0.931. The zero-order valence-electron chi connectivity index (χ0n) is 7.31. The Labute approximate surface area is 108 Å². The van der Waals surface area contributed by atoms with E-state index >= 15 is 0 Å². The van der Waals surface area contributed by atoms with Gasteiger partial charge in [-0.15, -0.1) is 0 Å². The molecular weight excluding hydrogens is 318 g/mol. The molecule has 5 nitrogen and oxygen atoms in total. The standard InChI is InChI=1S/C6H4N3O2.3ClH.Zn/c7-8-5-3-1-2-4-6(5)9(10)11;;;;/h1-4H;3*1H;/q+1;;;;+2/p-3. The van der Waals surface area contributed by atoms with Gasteiger partial charge in [-0.25, -0.2) is 0 Å². The van der Waals surface area contributed by atoms with E-state index in [0.717, 1.165) is 0 Å². The second-order valence-corrected chi connectivity index (χ2v) is 6.57. The van der Waals surface area contributed by atoms with Gasteiger partial charge in [-0.3, -0.25) is 10.1 Å². The van der Waals surface area contributed by atoms with Gasteiger partial charge >= 0.3 is 45.9 Å². The van der Waals surface area contributed by atoms with E-state index in [2.05, 4.69) is 4.98 Å². The summed E-state index contributed by atoms with van der Waals surface area (Å²) in [6.45, 7) is 0. The van der Waals surface area contributed by atoms with Crippen molar-refractivity contribution in [2.24, 2.45) is 0 Å². The summed E-state index contributed by atoms with van der Waals surface area (Å²) < 4.78 is 0. The molecule has 0 aliphatic heterocycles. The zero-order chi connectivity index (χ0) is 11.0. The fourth-order valence-electron chi connectivity index (χ4n) is 0.703. The number of halogens is 3. The predicted octanol–water partition coefficient (Wildman–Crippen LogP) is 0.460. The molecule has 1 aromatic carbocycles. The monoisotopic (exact) mass is 319 g/mol. The summed E-state index contributed by atoms with van der Waals surface area (Å²) in [5.41, 5.74) is -0.229. The molecule has 0 heterocycles. The molecule has 0 unspecified atom stereocenters. The first-order valence-electron chi connectivity index (χ1n) is 3.37. The summed E-state index contributed by atoms with van der Waals surface area (Å²) in [5.74, 6) is 0. The molecule has 0 amide bonds. The van der Waals surface area contributed by atoms with Gasteiger partial charge in [0, 0.05) is 12.1 Å². The van der Waals surface area contributed by atoms with E-state index in [1.54, 1.807) is 6.07 Å². The molecular formula is C6H4Cl3N3O2Zn. The Balaban J connectivity index is 0. The first kappa shape index (κ1) is 16.9. The quantitative estimate of drug-likeness (QED) is 0.326. The van der Waals surface area contributed by atoms with Crippen LogP contribution in [0.25, 0.3) is 4.98 Å². The molecule has 78 valence electrons. The van der Waals surface area contributed by atoms with Crippen LogP contribution in [0, 0.1) is 15.5 Å². The Morgan fingerprint density at radius 3 is 2.20 bits per heavy atom. The Kier molecular flexibility index (Phi) is 11.4. The number of para-hydroxylation sites is 1. The van der Waals surface area contributed by atoms with E-state index in [-0.39, 0.29) is 23.8 Å². The summed E-state index contributed by atoms with van der Waals surface area (Å²) >= 11 is -0.931. The van der Waals surface area contributed by atoms with Gasteiger partial charge in [0.15, 0.2) is 4.98 Å². The molecule has 0 saturated heterocycles. The third kappa shape index (κ3) is 6.59. The van der Waals surface area contributed by atoms with E-state index in [9.17, 15) is 10.1 Å². The van der Waals surface area contributed by atoms with Crippen molar-refractivity contribution in [3.63, 3.8) is 0 Å². The summed E-state index contributed by atoms with van der Waals surface area (Å²) in [6, 6.07) is 5.70. The van der Waals surface area contributed by atoms with Gasteiger partial charge in [-0.05, 0) is 0 Å². The van der Waals surface area contributed by atoms with Crippen LogP contribution >= 0.6 is 19.4 Å². The van der Waals surface area contributed by atoms with Crippen LogP contribution in [0.5, 0.6) is 0 Å². The van der Waals surface area contributed by atoms with Gasteiger partial charge in [-0.1, -0.05) is 12.1 Å². The van der Waals surface area contributed by atoms with E-state index in [4.69, 9.17) is 24.8 Å². The van der Waals surface area contributed by atoms with Gasteiger partial charge in [0.05, 0.1) is 4.92 Å². The van der Waals surface area contributed by atoms with Gasteiger partial charge in [0.2, 0.25) is 5.39 Å². The number of hydrogen-bond donors (Lipinski definition) is 0. The number of nitrogens with zero attached hydrogens (tertiary/aromatic N) is 3. The van der Waals surface area contributed by atoms with Crippen LogP contribution < -0.4 is 12.4 Å². The number of diazo groups is 1. The van der Waals surface area contributed by atoms with E-state index in [1.165, 1.54) is 18.2 Å². The Morgan fingerprint density at radius 1 is 1.40 bits per heavy atom. The average Bonchev–Trinajstić information content (AvgIpc) is 2.19. The fraction of sp³-hybridized carbons (Fsp3) is 0. The van der Waals surface area contributed by atoms with Crippen molar-refractivity contribution in [2.45, 2.75) is 0 Å². The molecule has 0 aromatic heterocycles. The third-order valence-electron chi connectivity index (χ3n) is 1.19. The van der Waals surface area contributed by atoms with Gasteiger partial charge in [0.25, 0.3) is 0 Å². The summed E-state index contributed by atoms with van der Waals surface area (Å²) in [7, 11) is 9.90. The van der Waals surface area contributed by atoms with Gasteiger partial charge < -0.3 is 12.4 Å². The molecule has 0 atom stereocenters. The molecule has 0 aliphatic carbocycles. The van der Waals surface area contributed by atoms with E-state index < -0.39 is 20.1 Å². The molecule has 1 rings (SSSR count). The number of nitro groups is 1. The van der Waals surface area contributed by atoms with Crippen molar-refractivity contribution in [2.75, 3.05) is 0 Å². The van der Waals surface area contributed by atoms with Crippen LogP contribution in [-0.4, -0.2) is 4.92 Å². The molecule has 0 fully saturated rings. The van der Waals surface area contributed by atoms with Crippen LogP contribution in [0.15, 0.2) is 24.3 Å². The molecule has 15 heavy (non-hydrogen) atoms. The average molecular weight is 322 g/mol. The first-order valence-corrected chi connectivity index (χ1v) is 11.2. The second kappa shape index (κ2) is 10.1. The third-order valence-corrected chi connectivity index (χ3v) is 1.19. The zero-order valence-corrected chi connectivity index (χ0v) is 12.5. The van der Waals surface area contributed by atoms with E-state index in [1.807, 2.05) is 0 Å². The molecule has 0 spiro atoms. The van der Waals surface area contributed by atoms with Gasteiger partial charge in [-0.2, -0.15) is 0 Å². The fourth-order valence-corrected chi connectivity index (χ4v) is 0.703. The predicted molar refractivity (Wildman–Crippen MR) is 49.5 cm³/mol. The SMILES string of the molecule is N#[N+]c1ccccc1[N+](=O)[O-].[Cl-].[Cl][Zn][Cl]. The second-order valence-electron chi connectivity index (χ2n) is 1.95. The Morgan fingerprint density at radius 2 is 1.87 bits per heavy atom. The van der Waals surface area contributed by atoms with Gasteiger partial charge in [0.1, 0.15) is 0 Å². The van der Waals surface area contributed by atoms with Crippen molar-refractivity contribution in [3.05, 3.63) is 39.4 Å². The van der Waals surface area contributed by atoms with Crippen LogP contribution in [0.2, 0.25) is 0 Å². The van der Waals surface area contributed by atoms with Crippen LogP contribution in [-0.2, 0) is 15.1 Å².